The smallest absolute Gasteiger partial charge is 0.449 e. The minimum absolute atomic E-state index is 0.00475. The lowest BCUT2D eigenvalue weighted by atomic mass is 10.2. The molecule has 0 spiro atoms. The van der Waals surface area contributed by atoms with Crippen LogP contribution in [0.1, 0.15) is 10.4 Å². The third kappa shape index (κ3) is 2.03. The topological polar surface area (TPSA) is 63.6 Å². The van der Waals surface area contributed by atoms with Gasteiger partial charge in [-0.25, -0.2) is 13.6 Å². The van der Waals surface area contributed by atoms with Gasteiger partial charge in [0, 0.05) is 12.1 Å². The molecule has 0 radical (unpaired) electrons. The van der Waals surface area contributed by atoms with E-state index in [0.29, 0.717) is 12.1 Å². The second-order valence-electron chi connectivity index (χ2n) is 2.29. The predicted octanol–water partition coefficient (Wildman–Crippen LogP) is 1.83. The zero-order valence-electron chi connectivity index (χ0n) is 6.66. The van der Waals surface area contributed by atoms with Crippen molar-refractivity contribution in [3.05, 3.63) is 29.3 Å². The SMILES string of the molecule is O=Cc1c(F)cc(OC(=O)O)cc1F. The van der Waals surface area contributed by atoms with Gasteiger partial charge < -0.3 is 9.84 Å². The Morgan fingerprint density at radius 2 is 1.86 bits per heavy atom. The van der Waals surface area contributed by atoms with Gasteiger partial charge in [0.05, 0.1) is 5.56 Å². The van der Waals surface area contributed by atoms with Crippen molar-refractivity contribution in [3.63, 3.8) is 0 Å². The van der Waals surface area contributed by atoms with E-state index in [9.17, 15) is 18.4 Å². The molecule has 0 atom stereocenters. The van der Waals surface area contributed by atoms with Gasteiger partial charge in [0.15, 0.2) is 6.29 Å². The Kier molecular flexibility index (Phi) is 2.76. The van der Waals surface area contributed by atoms with Crippen LogP contribution in [0.5, 0.6) is 5.75 Å². The van der Waals surface area contributed by atoms with Gasteiger partial charge in [0.25, 0.3) is 0 Å². The maximum atomic E-state index is 12.8. The average Bonchev–Trinajstić information content (AvgIpc) is 2.01. The van der Waals surface area contributed by atoms with Crippen LogP contribution in [-0.2, 0) is 0 Å². The van der Waals surface area contributed by atoms with Crippen molar-refractivity contribution in [2.75, 3.05) is 0 Å². The van der Waals surface area contributed by atoms with Crippen LogP contribution in [0.25, 0.3) is 0 Å². The first-order valence-electron chi connectivity index (χ1n) is 3.39. The van der Waals surface area contributed by atoms with Crippen molar-refractivity contribution < 1.29 is 28.2 Å². The number of hydrogen-bond acceptors (Lipinski definition) is 3. The van der Waals surface area contributed by atoms with Gasteiger partial charge in [0.2, 0.25) is 0 Å². The first-order chi connectivity index (χ1) is 6.54. The number of halogens is 2. The molecule has 0 aliphatic carbocycles. The summed E-state index contributed by atoms with van der Waals surface area (Å²) in [5, 5.41) is 8.14. The minimum atomic E-state index is -1.69. The number of rotatable bonds is 2. The van der Waals surface area contributed by atoms with Crippen molar-refractivity contribution in [1.82, 2.24) is 0 Å². The molecule has 0 saturated carbocycles. The van der Waals surface area contributed by atoms with Gasteiger partial charge in [-0.05, 0) is 0 Å². The second-order valence-corrected chi connectivity index (χ2v) is 2.29. The van der Waals surface area contributed by atoms with E-state index in [1.54, 1.807) is 0 Å². The third-order valence-corrected chi connectivity index (χ3v) is 1.38. The van der Waals surface area contributed by atoms with Crippen LogP contribution in [0.15, 0.2) is 12.1 Å². The number of benzene rings is 1. The fraction of sp³-hybridized carbons (Fsp3) is 0. The summed E-state index contributed by atoms with van der Waals surface area (Å²) >= 11 is 0. The van der Waals surface area contributed by atoms with E-state index in [1.807, 2.05) is 0 Å². The number of carboxylic acid groups (broad SMARTS) is 1. The minimum Gasteiger partial charge on any atom is -0.449 e. The van der Waals surface area contributed by atoms with Crippen molar-refractivity contribution in [2.24, 2.45) is 0 Å². The van der Waals surface area contributed by atoms with E-state index >= 15 is 0 Å². The molecular formula is C8H4F2O4. The molecule has 74 valence electrons. The zero-order chi connectivity index (χ0) is 10.7. The van der Waals surface area contributed by atoms with Crippen LogP contribution in [0.3, 0.4) is 0 Å². The second kappa shape index (κ2) is 3.82. The molecule has 6 heteroatoms. The van der Waals surface area contributed by atoms with Crippen LogP contribution in [-0.4, -0.2) is 17.5 Å². The lowest BCUT2D eigenvalue weighted by Crippen LogP contribution is -2.04. The molecule has 0 amide bonds. The molecular weight excluding hydrogens is 198 g/mol. The van der Waals surface area contributed by atoms with Crippen LogP contribution in [0.4, 0.5) is 13.6 Å². The first-order valence-corrected chi connectivity index (χ1v) is 3.39. The third-order valence-electron chi connectivity index (χ3n) is 1.38. The standard InChI is InChI=1S/C8H4F2O4/c9-6-1-4(14-8(12)13)2-7(10)5(6)3-11/h1-3H,(H,12,13). The molecule has 0 fully saturated rings. The summed E-state index contributed by atoms with van der Waals surface area (Å²) in [4.78, 5) is 20.2. The van der Waals surface area contributed by atoms with E-state index in [-0.39, 0.29) is 6.29 Å². The maximum Gasteiger partial charge on any atom is 0.511 e. The maximum absolute atomic E-state index is 12.8. The molecule has 1 aromatic rings. The Morgan fingerprint density at radius 3 is 2.21 bits per heavy atom. The number of aldehydes is 1. The van der Waals surface area contributed by atoms with Crippen molar-refractivity contribution in [3.8, 4) is 5.75 Å². The molecule has 1 N–H and O–H groups in total. The Balaban J connectivity index is 3.13. The Bertz CT molecular complexity index is 366. The summed E-state index contributed by atoms with van der Waals surface area (Å²) in [6.45, 7) is 0. The number of hydrogen-bond donors (Lipinski definition) is 1. The van der Waals surface area contributed by atoms with Gasteiger partial charge in [-0.2, -0.15) is 0 Å². The quantitative estimate of drug-likeness (QED) is 0.451. The van der Waals surface area contributed by atoms with Gasteiger partial charge >= 0.3 is 6.16 Å². The lowest BCUT2D eigenvalue weighted by Gasteiger charge is -2.01. The largest absolute Gasteiger partial charge is 0.511 e. The summed E-state index contributed by atoms with van der Waals surface area (Å²) in [5.41, 5.74) is -0.761. The van der Waals surface area contributed by atoms with Crippen LogP contribution >= 0.6 is 0 Å². The zero-order valence-corrected chi connectivity index (χ0v) is 6.66. The summed E-state index contributed by atoms with van der Waals surface area (Å²) < 4.78 is 29.6. The molecule has 4 nitrogen and oxygen atoms in total. The lowest BCUT2D eigenvalue weighted by molar-refractivity contribution is 0.111. The monoisotopic (exact) mass is 202 g/mol. The van der Waals surface area contributed by atoms with Crippen molar-refractivity contribution >= 4 is 12.4 Å². The molecule has 1 rings (SSSR count). The van der Waals surface area contributed by atoms with Crippen LogP contribution in [0.2, 0.25) is 0 Å². The molecule has 14 heavy (non-hydrogen) atoms. The highest BCUT2D eigenvalue weighted by atomic mass is 19.1. The van der Waals surface area contributed by atoms with Gasteiger partial charge in [-0.15, -0.1) is 0 Å². The Labute approximate surface area is 76.7 Å². The van der Waals surface area contributed by atoms with Gasteiger partial charge in [0.1, 0.15) is 17.4 Å². The summed E-state index contributed by atoms with van der Waals surface area (Å²) in [7, 11) is 0. The number of carbonyl (C=O) groups excluding carboxylic acids is 1. The molecule has 0 aromatic heterocycles. The fourth-order valence-corrected chi connectivity index (χ4v) is 0.833. The average molecular weight is 202 g/mol. The molecule has 0 heterocycles. The summed E-state index contributed by atoms with van der Waals surface area (Å²) in [6.07, 6.45) is -1.70. The molecule has 0 aliphatic rings. The van der Waals surface area contributed by atoms with E-state index in [0.717, 1.165) is 0 Å². The Morgan fingerprint density at radius 1 is 1.36 bits per heavy atom. The predicted molar refractivity (Wildman–Crippen MR) is 40.4 cm³/mol. The molecule has 0 aliphatic heterocycles. The number of carbonyl (C=O) groups is 2. The van der Waals surface area contributed by atoms with E-state index in [4.69, 9.17) is 5.11 Å². The molecule has 0 unspecified atom stereocenters. The van der Waals surface area contributed by atoms with Gasteiger partial charge in [-0.3, -0.25) is 4.79 Å². The van der Waals surface area contributed by atoms with Crippen LogP contribution < -0.4 is 4.74 Å². The normalized spacial score (nSPS) is 9.57. The van der Waals surface area contributed by atoms with E-state index in [1.165, 1.54) is 0 Å². The number of ether oxygens (including phenoxy) is 1. The highest BCUT2D eigenvalue weighted by Crippen LogP contribution is 2.19. The summed E-state index contributed by atoms with van der Waals surface area (Å²) in [6, 6.07) is 1.22. The van der Waals surface area contributed by atoms with Crippen molar-refractivity contribution in [1.29, 1.82) is 0 Å². The van der Waals surface area contributed by atoms with E-state index in [2.05, 4.69) is 4.74 Å². The molecule has 0 saturated heterocycles. The molecule has 1 aromatic carbocycles. The van der Waals surface area contributed by atoms with E-state index < -0.39 is 29.1 Å². The summed E-state index contributed by atoms with van der Waals surface area (Å²) in [5.74, 6) is -2.86. The van der Waals surface area contributed by atoms with Gasteiger partial charge in [-0.1, -0.05) is 0 Å². The first kappa shape index (κ1) is 10.1. The highest BCUT2D eigenvalue weighted by Gasteiger charge is 2.12. The van der Waals surface area contributed by atoms with Crippen molar-refractivity contribution in [2.45, 2.75) is 0 Å². The Hall–Kier alpha value is -1.98. The van der Waals surface area contributed by atoms with Crippen LogP contribution in [0, 0.1) is 11.6 Å². The fourth-order valence-electron chi connectivity index (χ4n) is 0.833. The highest BCUT2D eigenvalue weighted by molar-refractivity contribution is 5.76. The molecule has 0 bridgehead atoms.